The van der Waals surface area contributed by atoms with E-state index in [2.05, 4.69) is 27.7 Å². The Kier molecular flexibility index (Phi) is 63.3. The number of aliphatic hydroxyl groups excluding tert-OH is 1. The minimum atomic E-state index is -0.989. The number of unbranched alkanes of at least 4 members (excludes halogenated alkanes) is 44. The summed E-state index contributed by atoms with van der Waals surface area (Å²) in [6, 6.07) is 0. The molecule has 0 bridgehead atoms. The lowest BCUT2D eigenvalue weighted by molar-refractivity contribution is -0.167. The van der Waals surface area contributed by atoms with Crippen LogP contribution in [0.15, 0.2) is 0 Å². The van der Waals surface area contributed by atoms with E-state index in [1.54, 1.807) is 0 Å². The quantitative estimate of drug-likeness (QED) is 0.0360. The fourth-order valence-corrected chi connectivity index (χ4v) is 9.44. The lowest BCUT2D eigenvalue weighted by Crippen LogP contribution is -2.30. The van der Waals surface area contributed by atoms with Gasteiger partial charge in [-0.3, -0.25) is 14.4 Å². The van der Waals surface area contributed by atoms with E-state index < -0.39 is 18.2 Å². The Morgan fingerprint density at radius 1 is 0.297 bits per heavy atom. The van der Waals surface area contributed by atoms with Crippen LogP contribution in [0.25, 0.3) is 0 Å². The summed E-state index contributed by atoms with van der Waals surface area (Å²) < 4.78 is 21.6. The first-order valence-corrected chi connectivity index (χ1v) is 32.6. The highest BCUT2D eigenvalue weighted by Crippen LogP contribution is 2.18. The minimum absolute atomic E-state index is 0.0611. The van der Waals surface area contributed by atoms with Gasteiger partial charge in [0.2, 0.25) is 0 Å². The fourth-order valence-electron chi connectivity index (χ4n) is 9.44. The third-order valence-corrected chi connectivity index (χ3v) is 14.4. The Labute approximate surface area is 459 Å². The molecule has 0 saturated carbocycles. The maximum absolute atomic E-state index is 12.8. The predicted molar refractivity (Wildman–Crippen MR) is 313 cm³/mol. The van der Waals surface area contributed by atoms with E-state index in [0.717, 1.165) is 77.0 Å². The smallest absolute Gasteiger partial charge is 0.334 e. The maximum Gasteiger partial charge on any atom is 0.334 e. The Hall–Kier alpha value is -2.16. The van der Waals surface area contributed by atoms with Gasteiger partial charge in [-0.25, -0.2) is 4.79 Å². The lowest BCUT2D eigenvalue weighted by atomic mass is 10.0. The highest BCUT2D eigenvalue weighted by molar-refractivity contribution is 5.73. The summed E-state index contributed by atoms with van der Waals surface area (Å²) in [6.45, 7) is 10.6. The molecule has 0 fully saturated rings. The second kappa shape index (κ2) is 63.4. The normalized spacial score (nSPS) is 11.6. The van der Waals surface area contributed by atoms with Crippen LogP contribution in [0, 0.1) is 0 Å². The molecule has 0 aromatic carbocycles. The molecule has 0 saturated heterocycles. The summed E-state index contributed by atoms with van der Waals surface area (Å²) in [7, 11) is 0. The molecule has 9 heteroatoms. The van der Waals surface area contributed by atoms with E-state index in [1.807, 2.05) is 0 Å². The monoisotopic (exact) mass is 1050 g/mol. The van der Waals surface area contributed by atoms with Crippen molar-refractivity contribution in [2.45, 2.75) is 374 Å². The molecule has 0 aliphatic carbocycles. The first-order valence-electron chi connectivity index (χ1n) is 32.6. The Morgan fingerprint density at radius 3 is 0.757 bits per heavy atom. The number of carbonyl (C=O) groups is 4. The van der Waals surface area contributed by atoms with Crippen molar-refractivity contribution in [2.75, 3.05) is 19.8 Å². The molecular weight excluding hydrogens is 925 g/mol. The summed E-state index contributed by atoms with van der Waals surface area (Å²) in [5.74, 6) is -1.36. The average molecular weight is 1050 g/mol. The van der Waals surface area contributed by atoms with Crippen molar-refractivity contribution < 1.29 is 43.2 Å². The predicted octanol–water partition coefficient (Wildman–Crippen LogP) is 19.9. The van der Waals surface area contributed by atoms with Crippen LogP contribution >= 0.6 is 0 Å². The molecule has 1 N–H and O–H groups in total. The van der Waals surface area contributed by atoms with Crippen molar-refractivity contribution in [1.29, 1.82) is 0 Å². The molecule has 9 nitrogen and oxygen atoms in total. The SMILES string of the molecule is CCCCCCCCCCCCCCCCCC(=O)OCC(COC(=O)CCCCCCCCCCCCCCCCC)OC(=O)CCCCCCCCCCCCCCCCC.CCCCCOC(=O)C(C)O. The van der Waals surface area contributed by atoms with Gasteiger partial charge in [0.05, 0.1) is 6.61 Å². The van der Waals surface area contributed by atoms with E-state index in [4.69, 9.17) is 24.1 Å². The van der Waals surface area contributed by atoms with Crippen molar-refractivity contribution in [3.05, 3.63) is 0 Å². The molecule has 0 heterocycles. The van der Waals surface area contributed by atoms with Crippen LogP contribution < -0.4 is 0 Å². The van der Waals surface area contributed by atoms with Gasteiger partial charge in [0, 0.05) is 19.3 Å². The fraction of sp³-hybridized carbons (Fsp3) is 0.938. The number of esters is 4. The molecule has 0 radical (unpaired) electrons. The van der Waals surface area contributed by atoms with Crippen LogP contribution in [0.1, 0.15) is 362 Å². The first-order chi connectivity index (χ1) is 36.2. The van der Waals surface area contributed by atoms with Crippen LogP contribution in [-0.4, -0.2) is 61.0 Å². The van der Waals surface area contributed by atoms with Gasteiger partial charge in [-0.05, 0) is 32.6 Å². The third-order valence-electron chi connectivity index (χ3n) is 14.4. The van der Waals surface area contributed by atoms with Crippen molar-refractivity contribution in [3.8, 4) is 0 Å². The highest BCUT2D eigenvalue weighted by Gasteiger charge is 2.20. The van der Waals surface area contributed by atoms with Gasteiger partial charge in [-0.15, -0.1) is 0 Å². The van der Waals surface area contributed by atoms with E-state index >= 15 is 0 Å². The van der Waals surface area contributed by atoms with Crippen molar-refractivity contribution in [1.82, 2.24) is 0 Å². The number of ether oxygens (including phenoxy) is 4. The molecule has 0 aromatic rings. The second-order valence-electron chi connectivity index (χ2n) is 22.1. The standard InChI is InChI=1S/C57H110O6.C8H16O3/c1-4-7-10-13-16-19-22-25-28-31-34-37-40-43-46-49-55(58)61-52-54(63-57(60)51-48-45-42-39-36-33-30-27-24-21-18-15-12-9-6-3)53-62-56(59)50-47-44-41-38-35-32-29-26-23-20-17-14-11-8-5-2;1-3-4-5-6-11-8(10)7(2)9/h54H,4-53H2,1-3H3;7,9H,3-6H2,1-2H3. The Morgan fingerprint density at radius 2 is 0.514 bits per heavy atom. The zero-order chi connectivity index (χ0) is 54.5. The second-order valence-corrected chi connectivity index (χ2v) is 22.1. The number of aliphatic hydroxyl groups is 1. The molecule has 0 aliphatic rings. The van der Waals surface area contributed by atoms with Crippen molar-refractivity contribution in [3.63, 3.8) is 0 Å². The highest BCUT2D eigenvalue weighted by atomic mass is 16.6. The molecule has 1 unspecified atom stereocenters. The zero-order valence-electron chi connectivity index (χ0n) is 50.1. The first kappa shape index (κ1) is 73.9. The Bertz CT molecular complexity index is 1110. The van der Waals surface area contributed by atoms with Crippen molar-refractivity contribution in [2.24, 2.45) is 0 Å². The minimum Gasteiger partial charge on any atom is -0.464 e. The van der Waals surface area contributed by atoms with E-state index in [-0.39, 0.29) is 31.1 Å². The summed E-state index contributed by atoms with van der Waals surface area (Å²) in [4.78, 5) is 48.7. The largest absolute Gasteiger partial charge is 0.464 e. The van der Waals surface area contributed by atoms with Gasteiger partial charge < -0.3 is 24.1 Å². The zero-order valence-corrected chi connectivity index (χ0v) is 50.1. The molecule has 74 heavy (non-hydrogen) atoms. The summed E-state index contributed by atoms with van der Waals surface area (Å²) in [5.41, 5.74) is 0. The van der Waals surface area contributed by atoms with Gasteiger partial charge in [0.1, 0.15) is 19.3 Å². The molecule has 0 rings (SSSR count). The maximum atomic E-state index is 12.8. The van der Waals surface area contributed by atoms with Crippen LogP contribution in [-0.2, 0) is 38.1 Å². The number of hydrogen-bond donors (Lipinski definition) is 1. The summed E-state index contributed by atoms with van der Waals surface area (Å²) in [5, 5.41) is 8.70. The van der Waals surface area contributed by atoms with Gasteiger partial charge >= 0.3 is 23.9 Å². The van der Waals surface area contributed by atoms with E-state index in [9.17, 15) is 19.2 Å². The number of carbonyl (C=O) groups excluding carboxylic acids is 4. The topological polar surface area (TPSA) is 125 Å². The molecule has 0 aromatic heterocycles. The summed E-state index contributed by atoms with van der Waals surface area (Å²) >= 11 is 0. The summed E-state index contributed by atoms with van der Waals surface area (Å²) in [6.07, 6.45) is 60.0. The molecule has 0 amide bonds. The average Bonchev–Trinajstić information content (AvgIpc) is 3.39. The van der Waals surface area contributed by atoms with E-state index in [1.165, 1.54) is 238 Å². The van der Waals surface area contributed by atoms with Crippen LogP contribution in [0.4, 0.5) is 0 Å². The molecule has 440 valence electrons. The molecule has 1 atom stereocenters. The number of rotatable bonds is 58. The molecule has 0 aliphatic heterocycles. The van der Waals surface area contributed by atoms with Crippen LogP contribution in [0.3, 0.4) is 0 Å². The molecule has 0 spiro atoms. The third kappa shape index (κ3) is 62.4. The lowest BCUT2D eigenvalue weighted by Gasteiger charge is -2.18. The van der Waals surface area contributed by atoms with Crippen LogP contribution in [0.2, 0.25) is 0 Å². The van der Waals surface area contributed by atoms with E-state index in [0.29, 0.717) is 25.9 Å². The Balaban J connectivity index is 0. The van der Waals surface area contributed by atoms with Gasteiger partial charge in [-0.1, -0.05) is 310 Å². The van der Waals surface area contributed by atoms with Gasteiger partial charge in [0.15, 0.2) is 6.10 Å². The van der Waals surface area contributed by atoms with Gasteiger partial charge in [0.25, 0.3) is 0 Å². The molecular formula is C65H126O9. The van der Waals surface area contributed by atoms with Gasteiger partial charge in [-0.2, -0.15) is 0 Å². The number of hydrogen-bond acceptors (Lipinski definition) is 9. The van der Waals surface area contributed by atoms with Crippen molar-refractivity contribution >= 4 is 23.9 Å². The van der Waals surface area contributed by atoms with Crippen LogP contribution in [0.5, 0.6) is 0 Å².